The van der Waals surface area contributed by atoms with E-state index < -0.39 is 0 Å². The van der Waals surface area contributed by atoms with Crippen molar-refractivity contribution in [3.8, 4) is 5.75 Å². The van der Waals surface area contributed by atoms with Crippen LogP contribution in [0.4, 0.5) is 0 Å². The first kappa shape index (κ1) is 16.3. The Hall–Kier alpha value is -1.06. The van der Waals surface area contributed by atoms with Crippen LogP contribution >= 0.6 is 0 Å². The Bertz CT molecular complexity index is 459. The van der Waals surface area contributed by atoms with Gasteiger partial charge in [0.15, 0.2) is 0 Å². The van der Waals surface area contributed by atoms with Crippen LogP contribution in [0.2, 0.25) is 0 Å². The lowest BCUT2D eigenvalue weighted by Crippen LogP contribution is -2.26. The van der Waals surface area contributed by atoms with Gasteiger partial charge in [0.2, 0.25) is 0 Å². The van der Waals surface area contributed by atoms with Gasteiger partial charge in [-0.25, -0.2) is 0 Å². The number of benzene rings is 1. The van der Waals surface area contributed by atoms with Crippen molar-refractivity contribution in [2.24, 2.45) is 17.6 Å². The van der Waals surface area contributed by atoms with Crippen LogP contribution < -0.4 is 10.5 Å². The Morgan fingerprint density at radius 3 is 2.62 bits per heavy atom. The molecule has 0 radical (unpaired) electrons. The number of ether oxygens (including phenoxy) is 2. The molecule has 4 unspecified atom stereocenters. The van der Waals surface area contributed by atoms with Crippen LogP contribution in [0.1, 0.15) is 57.2 Å². The van der Waals surface area contributed by atoms with Crippen LogP contribution in [0.3, 0.4) is 0 Å². The van der Waals surface area contributed by atoms with Crippen molar-refractivity contribution in [3.05, 3.63) is 29.3 Å². The Kier molecular flexibility index (Phi) is 5.65. The minimum absolute atomic E-state index is 0.0326. The molecule has 1 saturated carbocycles. The fourth-order valence-electron chi connectivity index (χ4n) is 3.05. The molecule has 0 saturated heterocycles. The quantitative estimate of drug-likeness (QED) is 0.890. The molecule has 118 valence electrons. The topological polar surface area (TPSA) is 44.5 Å². The van der Waals surface area contributed by atoms with E-state index in [9.17, 15) is 0 Å². The highest BCUT2D eigenvalue weighted by molar-refractivity contribution is 5.37. The van der Waals surface area contributed by atoms with Crippen molar-refractivity contribution in [3.63, 3.8) is 0 Å². The van der Waals surface area contributed by atoms with Gasteiger partial charge in [0, 0.05) is 11.6 Å². The van der Waals surface area contributed by atoms with E-state index in [1.807, 2.05) is 19.1 Å². The maximum atomic E-state index is 6.14. The molecule has 4 atom stereocenters. The van der Waals surface area contributed by atoms with Gasteiger partial charge in [0.25, 0.3) is 0 Å². The SMILES string of the molecule is COc1ccc(C(C)N)cc1COC1CCC(C)C(C)C1. The number of rotatable bonds is 5. The van der Waals surface area contributed by atoms with Gasteiger partial charge in [-0.15, -0.1) is 0 Å². The van der Waals surface area contributed by atoms with E-state index in [1.165, 1.54) is 12.8 Å². The van der Waals surface area contributed by atoms with Gasteiger partial charge in [0.1, 0.15) is 5.75 Å². The van der Waals surface area contributed by atoms with Gasteiger partial charge in [-0.05, 0) is 55.7 Å². The fraction of sp³-hybridized carbons (Fsp3) is 0.667. The maximum Gasteiger partial charge on any atom is 0.124 e. The Morgan fingerprint density at radius 2 is 2.00 bits per heavy atom. The summed E-state index contributed by atoms with van der Waals surface area (Å²) in [5.74, 6) is 2.46. The van der Waals surface area contributed by atoms with E-state index >= 15 is 0 Å². The molecule has 2 N–H and O–H groups in total. The standard InChI is InChI=1S/C18H29NO2/c1-12-5-7-17(9-13(12)2)21-11-16-10-15(14(3)19)6-8-18(16)20-4/h6,8,10,12-14,17H,5,7,9,11,19H2,1-4H3. The molecule has 1 aromatic rings. The van der Waals surface area contributed by atoms with Crippen molar-refractivity contribution in [2.75, 3.05) is 7.11 Å². The fourth-order valence-corrected chi connectivity index (χ4v) is 3.05. The Labute approximate surface area is 128 Å². The van der Waals surface area contributed by atoms with Crippen molar-refractivity contribution in [2.45, 2.75) is 58.8 Å². The predicted octanol–water partition coefficient (Wildman–Crippen LogP) is 4.06. The second-order valence-corrected chi connectivity index (χ2v) is 6.56. The summed E-state index contributed by atoms with van der Waals surface area (Å²) >= 11 is 0. The molecule has 21 heavy (non-hydrogen) atoms. The van der Waals surface area contributed by atoms with Crippen molar-refractivity contribution < 1.29 is 9.47 Å². The average Bonchev–Trinajstić information content (AvgIpc) is 2.48. The van der Waals surface area contributed by atoms with Crippen LogP contribution in [0.5, 0.6) is 5.75 Å². The van der Waals surface area contributed by atoms with Gasteiger partial charge in [0.05, 0.1) is 19.8 Å². The molecule has 0 spiro atoms. The first-order valence-corrected chi connectivity index (χ1v) is 8.05. The van der Waals surface area contributed by atoms with E-state index in [4.69, 9.17) is 15.2 Å². The Morgan fingerprint density at radius 1 is 1.24 bits per heavy atom. The molecule has 1 fully saturated rings. The van der Waals surface area contributed by atoms with E-state index in [0.29, 0.717) is 12.7 Å². The summed E-state index contributed by atoms with van der Waals surface area (Å²) in [6.07, 6.45) is 3.97. The summed E-state index contributed by atoms with van der Waals surface area (Å²) in [7, 11) is 1.70. The second kappa shape index (κ2) is 7.28. The molecule has 0 bridgehead atoms. The first-order chi connectivity index (χ1) is 10.0. The van der Waals surface area contributed by atoms with Crippen molar-refractivity contribution in [1.29, 1.82) is 0 Å². The molecule has 1 aliphatic rings. The Balaban J connectivity index is 2.00. The van der Waals surface area contributed by atoms with Crippen molar-refractivity contribution >= 4 is 0 Å². The minimum atomic E-state index is 0.0326. The van der Waals surface area contributed by atoms with Gasteiger partial charge < -0.3 is 15.2 Å². The zero-order valence-electron chi connectivity index (χ0n) is 13.8. The number of methoxy groups -OCH3 is 1. The molecule has 3 nitrogen and oxygen atoms in total. The maximum absolute atomic E-state index is 6.14. The third-order valence-electron chi connectivity index (χ3n) is 4.85. The normalized spacial score (nSPS) is 27.4. The number of hydrogen-bond acceptors (Lipinski definition) is 3. The zero-order valence-corrected chi connectivity index (χ0v) is 13.8. The van der Waals surface area contributed by atoms with Crippen LogP contribution in [0.15, 0.2) is 18.2 Å². The third-order valence-corrected chi connectivity index (χ3v) is 4.85. The van der Waals surface area contributed by atoms with Gasteiger partial charge in [-0.3, -0.25) is 0 Å². The van der Waals surface area contributed by atoms with Gasteiger partial charge in [-0.1, -0.05) is 19.9 Å². The highest BCUT2D eigenvalue weighted by atomic mass is 16.5. The summed E-state index contributed by atoms with van der Waals surface area (Å²) in [6.45, 7) is 7.28. The van der Waals surface area contributed by atoms with E-state index in [2.05, 4.69) is 19.9 Å². The van der Waals surface area contributed by atoms with Gasteiger partial charge >= 0.3 is 0 Å². The van der Waals surface area contributed by atoms with E-state index in [1.54, 1.807) is 7.11 Å². The molecular formula is C18H29NO2. The molecule has 1 aliphatic carbocycles. The monoisotopic (exact) mass is 291 g/mol. The summed E-state index contributed by atoms with van der Waals surface area (Å²) in [5.41, 5.74) is 8.19. The summed E-state index contributed by atoms with van der Waals surface area (Å²) in [4.78, 5) is 0. The lowest BCUT2D eigenvalue weighted by Gasteiger charge is -2.32. The minimum Gasteiger partial charge on any atom is -0.496 e. The van der Waals surface area contributed by atoms with Crippen LogP contribution in [0, 0.1) is 11.8 Å². The summed E-state index contributed by atoms with van der Waals surface area (Å²) in [6, 6.07) is 6.16. The average molecular weight is 291 g/mol. The molecule has 0 amide bonds. The van der Waals surface area contributed by atoms with Gasteiger partial charge in [-0.2, -0.15) is 0 Å². The van der Waals surface area contributed by atoms with Crippen LogP contribution in [0.25, 0.3) is 0 Å². The molecular weight excluding hydrogens is 262 g/mol. The second-order valence-electron chi connectivity index (χ2n) is 6.56. The molecule has 2 rings (SSSR count). The molecule has 1 aromatic carbocycles. The first-order valence-electron chi connectivity index (χ1n) is 8.05. The predicted molar refractivity (Wildman–Crippen MR) is 86.4 cm³/mol. The molecule has 0 heterocycles. The number of nitrogens with two attached hydrogens (primary N) is 1. The number of hydrogen-bond donors (Lipinski definition) is 1. The third kappa shape index (κ3) is 4.21. The summed E-state index contributed by atoms with van der Waals surface area (Å²) in [5, 5.41) is 0. The molecule has 0 aromatic heterocycles. The summed E-state index contributed by atoms with van der Waals surface area (Å²) < 4.78 is 11.6. The van der Waals surface area contributed by atoms with Crippen LogP contribution in [-0.4, -0.2) is 13.2 Å². The lowest BCUT2D eigenvalue weighted by atomic mass is 9.80. The highest BCUT2D eigenvalue weighted by Gasteiger charge is 2.25. The van der Waals surface area contributed by atoms with E-state index in [0.717, 1.165) is 35.1 Å². The molecule has 3 heteroatoms. The lowest BCUT2D eigenvalue weighted by molar-refractivity contribution is -0.00809. The zero-order chi connectivity index (χ0) is 15.4. The molecule has 0 aliphatic heterocycles. The highest BCUT2D eigenvalue weighted by Crippen LogP contribution is 2.32. The largest absolute Gasteiger partial charge is 0.496 e. The smallest absolute Gasteiger partial charge is 0.124 e. The van der Waals surface area contributed by atoms with Crippen molar-refractivity contribution in [1.82, 2.24) is 0 Å². The van der Waals surface area contributed by atoms with Crippen LogP contribution in [-0.2, 0) is 11.3 Å². The van der Waals surface area contributed by atoms with E-state index in [-0.39, 0.29) is 6.04 Å².